The van der Waals surface area contributed by atoms with Crippen molar-refractivity contribution >= 4 is 0 Å². The quantitative estimate of drug-likeness (QED) is 0.643. The van der Waals surface area contributed by atoms with E-state index in [-0.39, 0.29) is 5.69 Å². The van der Waals surface area contributed by atoms with E-state index in [1.54, 1.807) is 4.68 Å². The fourth-order valence-corrected chi connectivity index (χ4v) is 4.22. The zero-order valence-electron chi connectivity index (χ0n) is 17.4. The van der Waals surface area contributed by atoms with Gasteiger partial charge in [0.05, 0.1) is 6.54 Å². The summed E-state index contributed by atoms with van der Waals surface area (Å²) in [6, 6.07) is 18.9. The molecule has 0 aliphatic carbocycles. The van der Waals surface area contributed by atoms with Crippen molar-refractivity contribution < 1.29 is 0 Å². The molecule has 0 atom stereocenters. The molecule has 1 saturated heterocycles. The Hall–Kier alpha value is -2.66. The van der Waals surface area contributed by atoms with Crippen LogP contribution in [0.1, 0.15) is 48.2 Å². The van der Waals surface area contributed by atoms with Crippen LogP contribution in [-0.2, 0) is 19.6 Å². The van der Waals surface area contributed by atoms with Gasteiger partial charge in [-0.15, -0.1) is 0 Å². The number of aromatic nitrogens is 3. The van der Waals surface area contributed by atoms with Crippen LogP contribution in [0.4, 0.5) is 0 Å². The van der Waals surface area contributed by atoms with Crippen molar-refractivity contribution in [2.45, 2.75) is 52.2 Å². The first kappa shape index (κ1) is 19.6. The predicted octanol–water partition coefficient (Wildman–Crippen LogP) is 3.80. The standard InChI is InChI=1S/C24H30N4O/c1-3-27-23(25-28(24(27)29)18-20-7-5-4-6-8-20)22-13-15-26(16-14-22)17-21-11-9-19(2)10-12-21/h4-12,22H,3,13-18H2,1-2H3. The van der Waals surface area contributed by atoms with Gasteiger partial charge in [-0.1, -0.05) is 60.2 Å². The van der Waals surface area contributed by atoms with Crippen molar-refractivity contribution in [2.24, 2.45) is 0 Å². The normalized spacial score (nSPS) is 15.7. The molecule has 2 aromatic carbocycles. The molecule has 5 heteroatoms. The van der Waals surface area contributed by atoms with Gasteiger partial charge < -0.3 is 0 Å². The minimum atomic E-state index is 0.00781. The van der Waals surface area contributed by atoms with E-state index in [1.165, 1.54) is 11.1 Å². The van der Waals surface area contributed by atoms with Crippen LogP contribution < -0.4 is 5.69 Å². The molecule has 2 heterocycles. The zero-order valence-corrected chi connectivity index (χ0v) is 17.4. The highest BCUT2D eigenvalue weighted by Gasteiger charge is 2.26. The first-order chi connectivity index (χ1) is 14.1. The molecule has 0 bridgehead atoms. The van der Waals surface area contributed by atoms with Crippen LogP contribution in [0, 0.1) is 6.92 Å². The molecule has 3 aromatic rings. The van der Waals surface area contributed by atoms with Gasteiger partial charge in [0.2, 0.25) is 0 Å². The van der Waals surface area contributed by atoms with E-state index in [2.05, 4.69) is 36.1 Å². The van der Waals surface area contributed by atoms with Crippen molar-refractivity contribution in [3.63, 3.8) is 0 Å². The summed E-state index contributed by atoms with van der Waals surface area (Å²) < 4.78 is 3.50. The zero-order chi connectivity index (χ0) is 20.2. The summed E-state index contributed by atoms with van der Waals surface area (Å²) in [5.74, 6) is 1.32. The van der Waals surface area contributed by atoms with Gasteiger partial charge in [-0.25, -0.2) is 9.48 Å². The molecule has 29 heavy (non-hydrogen) atoms. The van der Waals surface area contributed by atoms with Gasteiger partial charge in [0.15, 0.2) is 0 Å². The third kappa shape index (κ3) is 4.51. The number of piperidine rings is 1. The molecule has 0 N–H and O–H groups in total. The largest absolute Gasteiger partial charge is 0.346 e. The first-order valence-corrected chi connectivity index (χ1v) is 10.6. The minimum Gasteiger partial charge on any atom is -0.299 e. The Kier molecular flexibility index (Phi) is 5.95. The smallest absolute Gasteiger partial charge is 0.299 e. The number of benzene rings is 2. The van der Waals surface area contributed by atoms with Crippen molar-refractivity contribution in [1.82, 2.24) is 19.2 Å². The Morgan fingerprint density at radius 3 is 2.24 bits per heavy atom. The van der Waals surface area contributed by atoms with E-state index in [1.807, 2.05) is 41.8 Å². The van der Waals surface area contributed by atoms with E-state index < -0.39 is 0 Å². The predicted molar refractivity (Wildman–Crippen MR) is 116 cm³/mol. The van der Waals surface area contributed by atoms with Gasteiger partial charge in [-0.3, -0.25) is 9.47 Å². The highest BCUT2D eigenvalue weighted by Crippen LogP contribution is 2.27. The van der Waals surface area contributed by atoms with E-state index in [0.29, 0.717) is 19.0 Å². The molecule has 0 unspecified atom stereocenters. The van der Waals surface area contributed by atoms with Crippen LogP contribution in [0.2, 0.25) is 0 Å². The number of likely N-dealkylation sites (tertiary alicyclic amines) is 1. The lowest BCUT2D eigenvalue weighted by Gasteiger charge is -2.31. The molecular weight excluding hydrogens is 360 g/mol. The van der Waals surface area contributed by atoms with E-state index in [0.717, 1.165) is 43.9 Å². The minimum absolute atomic E-state index is 0.00781. The lowest BCUT2D eigenvalue weighted by atomic mass is 9.95. The Labute approximate surface area is 172 Å². The van der Waals surface area contributed by atoms with E-state index in [9.17, 15) is 4.79 Å². The SMILES string of the molecule is CCn1c(C2CCN(Cc3ccc(C)cc3)CC2)nn(Cc2ccccc2)c1=O. The molecular formula is C24H30N4O. The molecule has 0 saturated carbocycles. The molecule has 1 fully saturated rings. The molecule has 0 radical (unpaired) electrons. The van der Waals surface area contributed by atoms with E-state index in [4.69, 9.17) is 5.10 Å². The summed E-state index contributed by atoms with van der Waals surface area (Å²) in [6.45, 7) is 8.45. The van der Waals surface area contributed by atoms with Gasteiger partial charge in [-0.2, -0.15) is 5.10 Å². The molecule has 5 nitrogen and oxygen atoms in total. The molecule has 4 rings (SSSR count). The third-order valence-corrected chi connectivity index (χ3v) is 5.92. The third-order valence-electron chi connectivity index (χ3n) is 5.92. The Bertz CT molecular complexity index is 980. The highest BCUT2D eigenvalue weighted by atomic mass is 16.2. The van der Waals surface area contributed by atoms with Crippen LogP contribution >= 0.6 is 0 Å². The van der Waals surface area contributed by atoms with Crippen LogP contribution in [0.25, 0.3) is 0 Å². The molecule has 152 valence electrons. The topological polar surface area (TPSA) is 43.1 Å². The maximum absolute atomic E-state index is 12.9. The van der Waals surface area contributed by atoms with E-state index >= 15 is 0 Å². The van der Waals surface area contributed by atoms with Crippen molar-refractivity contribution in [3.05, 3.63) is 87.6 Å². The Balaban J connectivity index is 1.44. The Morgan fingerprint density at radius 2 is 1.59 bits per heavy atom. The average Bonchev–Trinajstić information content (AvgIpc) is 3.06. The van der Waals surface area contributed by atoms with Gasteiger partial charge >= 0.3 is 5.69 Å². The summed E-state index contributed by atoms with van der Waals surface area (Å²) in [4.78, 5) is 15.4. The van der Waals surface area contributed by atoms with Crippen LogP contribution in [0.15, 0.2) is 59.4 Å². The van der Waals surface area contributed by atoms with Gasteiger partial charge in [0.25, 0.3) is 0 Å². The lowest BCUT2D eigenvalue weighted by molar-refractivity contribution is 0.200. The average molecular weight is 391 g/mol. The number of hydrogen-bond donors (Lipinski definition) is 0. The second kappa shape index (κ2) is 8.78. The van der Waals surface area contributed by atoms with Gasteiger partial charge in [-0.05, 0) is 50.9 Å². The first-order valence-electron chi connectivity index (χ1n) is 10.6. The summed E-state index contributed by atoms with van der Waals surface area (Å²) in [6.07, 6.45) is 2.10. The molecule has 1 aliphatic rings. The fourth-order valence-electron chi connectivity index (χ4n) is 4.22. The molecule has 1 aliphatic heterocycles. The second-order valence-electron chi connectivity index (χ2n) is 8.06. The van der Waals surface area contributed by atoms with Crippen LogP contribution in [0.5, 0.6) is 0 Å². The van der Waals surface area contributed by atoms with Crippen molar-refractivity contribution in [1.29, 1.82) is 0 Å². The number of rotatable bonds is 6. The summed E-state index contributed by atoms with van der Waals surface area (Å²) in [5.41, 5.74) is 3.78. The summed E-state index contributed by atoms with van der Waals surface area (Å²) in [7, 11) is 0. The Morgan fingerprint density at radius 1 is 0.931 bits per heavy atom. The molecule has 1 aromatic heterocycles. The van der Waals surface area contributed by atoms with Crippen molar-refractivity contribution in [2.75, 3.05) is 13.1 Å². The molecule has 0 amide bonds. The second-order valence-corrected chi connectivity index (χ2v) is 8.06. The number of hydrogen-bond acceptors (Lipinski definition) is 3. The summed E-state index contributed by atoms with van der Waals surface area (Å²) in [5, 5.41) is 4.77. The number of aryl methyl sites for hydroxylation is 1. The van der Waals surface area contributed by atoms with Gasteiger partial charge in [0, 0.05) is 19.0 Å². The monoisotopic (exact) mass is 390 g/mol. The lowest BCUT2D eigenvalue weighted by Crippen LogP contribution is -2.33. The molecule has 0 spiro atoms. The van der Waals surface area contributed by atoms with Crippen LogP contribution in [-0.4, -0.2) is 32.3 Å². The summed E-state index contributed by atoms with van der Waals surface area (Å²) >= 11 is 0. The number of nitrogens with zero attached hydrogens (tertiary/aromatic N) is 4. The fraction of sp³-hybridized carbons (Fsp3) is 0.417. The van der Waals surface area contributed by atoms with Gasteiger partial charge in [0.1, 0.15) is 5.82 Å². The van der Waals surface area contributed by atoms with Crippen molar-refractivity contribution in [3.8, 4) is 0 Å². The maximum atomic E-state index is 12.9. The van der Waals surface area contributed by atoms with Crippen LogP contribution in [0.3, 0.4) is 0 Å². The maximum Gasteiger partial charge on any atom is 0.346 e. The highest BCUT2D eigenvalue weighted by molar-refractivity contribution is 5.21.